The van der Waals surface area contributed by atoms with Crippen molar-refractivity contribution in [1.29, 1.82) is 0 Å². The molecule has 0 spiro atoms. The highest BCUT2D eigenvalue weighted by atomic mass is 32.1. The second kappa shape index (κ2) is 6.73. The monoisotopic (exact) mass is 275 g/mol. The first kappa shape index (κ1) is 14.1. The maximum absolute atomic E-state index is 6.26. The summed E-state index contributed by atoms with van der Waals surface area (Å²) in [6.45, 7) is 2.18. The molecule has 2 aromatic rings. The summed E-state index contributed by atoms with van der Waals surface area (Å²) in [7, 11) is 1.71. The van der Waals surface area contributed by atoms with Crippen molar-refractivity contribution < 1.29 is 4.74 Å². The summed E-state index contributed by atoms with van der Waals surface area (Å²) in [6, 6.07) is 12.6. The number of hydrogen-bond donors (Lipinski definition) is 1. The van der Waals surface area contributed by atoms with E-state index in [0.29, 0.717) is 0 Å². The summed E-state index contributed by atoms with van der Waals surface area (Å²) in [5, 5.41) is 0. The SMILES string of the molecule is CCc1ccc(CC(N)Cc2ccccc2OC)s1. The van der Waals surface area contributed by atoms with Crippen molar-refractivity contribution in [2.75, 3.05) is 7.11 Å². The molecule has 1 atom stereocenters. The molecule has 2 N–H and O–H groups in total. The van der Waals surface area contributed by atoms with E-state index in [1.807, 2.05) is 29.5 Å². The van der Waals surface area contributed by atoms with Crippen LogP contribution in [0.5, 0.6) is 5.75 Å². The van der Waals surface area contributed by atoms with Crippen molar-refractivity contribution in [3.8, 4) is 5.75 Å². The minimum absolute atomic E-state index is 0.139. The van der Waals surface area contributed by atoms with Crippen LogP contribution in [0, 0.1) is 0 Å². The van der Waals surface area contributed by atoms with Crippen LogP contribution in [0.2, 0.25) is 0 Å². The first-order valence-electron chi connectivity index (χ1n) is 6.68. The van der Waals surface area contributed by atoms with Gasteiger partial charge in [0.2, 0.25) is 0 Å². The highest BCUT2D eigenvalue weighted by Gasteiger charge is 2.10. The fraction of sp³-hybridized carbons (Fsp3) is 0.375. The van der Waals surface area contributed by atoms with Gasteiger partial charge in [-0.3, -0.25) is 0 Å². The summed E-state index contributed by atoms with van der Waals surface area (Å²) in [6.07, 6.45) is 2.89. The van der Waals surface area contributed by atoms with Gasteiger partial charge in [-0.05, 0) is 43.0 Å². The third-order valence-corrected chi connectivity index (χ3v) is 4.46. The normalized spacial score (nSPS) is 12.4. The number of rotatable bonds is 6. The zero-order valence-electron chi connectivity index (χ0n) is 11.6. The molecule has 0 saturated carbocycles. The van der Waals surface area contributed by atoms with Gasteiger partial charge in [0, 0.05) is 15.8 Å². The fourth-order valence-electron chi connectivity index (χ4n) is 2.21. The third-order valence-electron chi connectivity index (χ3n) is 3.20. The van der Waals surface area contributed by atoms with Crippen LogP contribution in [0.1, 0.15) is 22.2 Å². The average molecular weight is 275 g/mol. The Bertz CT molecular complexity index is 521. The van der Waals surface area contributed by atoms with Crippen LogP contribution in [-0.4, -0.2) is 13.2 Å². The van der Waals surface area contributed by atoms with Crippen LogP contribution < -0.4 is 10.5 Å². The Balaban J connectivity index is 1.98. The molecule has 1 heterocycles. The molecule has 0 fully saturated rings. The van der Waals surface area contributed by atoms with E-state index in [2.05, 4.69) is 25.1 Å². The first-order valence-corrected chi connectivity index (χ1v) is 7.49. The molecule has 1 unspecified atom stereocenters. The number of methoxy groups -OCH3 is 1. The number of ether oxygens (including phenoxy) is 1. The van der Waals surface area contributed by atoms with Crippen molar-refractivity contribution in [3.63, 3.8) is 0 Å². The lowest BCUT2D eigenvalue weighted by Gasteiger charge is -2.13. The number of hydrogen-bond acceptors (Lipinski definition) is 3. The van der Waals surface area contributed by atoms with Crippen molar-refractivity contribution in [3.05, 3.63) is 51.7 Å². The molecule has 1 aromatic carbocycles. The highest BCUT2D eigenvalue weighted by molar-refractivity contribution is 7.11. The molecule has 19 heavy (non-hydrogen) atoms. The van der Waals surface area contributed by atoms with Gasteiger partial charge in [-0.25, -0.2) is 0 Å². The van der Waals surface area contributed by atoms with Crippen LogP contribution in [0.15, 0.2) is 36.4 Å². The van der Waals surface area contributed by atoms with Crippen LogP contribution in [-0.2, 0) is 19.3 Å². The molecule has 0 saturated heterocycles. The molecule has 0 aliphatic rings. The Morgan fingerprint density at radius 2 is 1.84 bits per heavy atom. The Hall–Kier alpha value is -1.32. The third kappa shape index (κ3) is 3.82. The van der Waals surface area contributed by atoms with Gasteiger partial charge in [0.25, 0.3) is 0 Å². The van der Waals surface area contributed by atoms with E-state index in [0.717, 1.165) is 25.0 Å². The molecule has 0 amide bonds. The lowest BCUT2D eigenvalue weighted by atomic mass is 10.0. The minimum atomic E-state index is 0.139. The van der Waals surface area contributed by atoms with Crippen LogP contribution >= 0.6 is 11.3 Å². The van der Waals surface area contributed by atoms with Crippen molar-refractivity contribution in [2.45, 2.75) is 32.2 Å². The standard InChI is InChI=1S/C16H21NOS/c1-3-14-8-9-15(19-14)11-13(17)10-12-6-4-5-7-16(12)18-2/h4-9,13H,3,10-11,17H2,1-2H3. The number of aryl methyl sites for hydroxylation is 1. The van der Waals surface area contributed by atoms with E-state index in [1.54, 1.807) is 7.11 Å². The second-order valence-electron chi connectivity index (χ2n) is 4.70. The lowest BCUT2D eigenvalue weighted by Crippen LogP contribution is -2.25. The zero-order valence-corrected chi connectivity index (χ0v) is 12.4. The van der Waals surface area contributed by atoms with E-state index >= 15 is 0 Å². The molecule has 2 rings (SSSR count). The molecule has 2 nitrogen and oxygen atoms in total. The summed E-state index contributed by atoms with van der Waals surface area (Å²) in [5.74, 6) is 0.929. The van der Waals surface area contributed by atoms with Crippen LogP contribution in [0.25, 0.3) is 0 Å². The molecule has 0 aliphatic carbocycles. The second-order valence-corrected chi connectivity index (χ2v) is 5.95. The molecule has 1 aromatic heterocycles. The van der Waals surface area contributed by atoms with E-state index in [9.17, 15) is 0 Å². The molecule has 3 heteroatoms. The van der Waals surface area contributed by atoms with Gasteiger partial charge in [0.1, 0.15) is 5.75 Å². The number of thiophene rings is 1. The van der Waals surface area contributed by atoms with Gasteiger partial charge < -0.3 is 10.5 Å². The Labute approximate surface area is 119 Å². The van der Waals surface area contributed by atoms with Gasteiger partial charge in [-0.2, -0.15) is 0 Å². The summed E-state index contributed by atoms with van der Waals surface area (Å²) < 4.78 is 5.36. The largest absolute Gasteiger partial charge is 0.496 e. The van der Waals surface area contributed by atoms with Gasteiger partial charge in [-0.1, -0.05) is 25.1 Å². The maximum atomic E-state index is 6.26. The summed E-state index contributed by atoms with van der Waals surface area (Å²) in [4.78, 5) is 2.80. The Kier molecular flexibility index (Phi) is 5.00. The maximum Gasteiger partial charge on any atom is 0.122 e. The van der Waals surface area contributed by atoms with Gasteiger partial charge in [0.05, 0.1) is 7.11 Å². The van der Waals surface area contributed by atoms with E-state index in [4.69, 9.17) is 10.5 Å². The smallest absolute Gasteiger partial charge is 0.122 e. The summed E-state index contributed by atoms with van der Waals surface area (Å²) >= 11 is 1.87. The van der Waals surface area contributed by atoms with Crippen molar-refractivity contribution >= 4 is 11.3 Å². The van der Waals surface area contributed by atoms with E-state index < -0.39 is 0 Å². The average Bonchev–Trinajstić information content (AvgIpc) is 2.87. The Morgan fingerprint density at radius 1 is 1.11 bits per heavy atom. The minimum Gasteiger partial charge on any atom is -0.496 e. The molecular weight excluding hydrogens is 254 g/mol. The molecule has 102 valence electrons. The molecule has 0 bridgehead atoms. The topological polar surface area (TPSA) is 35.2 Å². The van der Waals surface area contributed by atoms with Crippen molar-refractivity contribution in [2.24, 2.45) is 5.73 Å². The van der Waals surface area contributed by atoms with E-state index in [-0.39, 0.29) is 6.04 Å². The van der Waals surface area contributed by atoms with E-state index in [1.165, 1.54) is 15.3 Å². The Morgan fingerprint density at radius 3 is 2.53 bits per heavy atom. The predicted octanol–water partition coefficient (Wildman–Crippen LogP) is 3.43. The highest BCUT2D eigenvalue weighted by Crippen LogP contribution is 2.22. The van der Waals surface area contributed by atoms with Crippen molar-refractivity contribution in [1.82, 2.24) is 0 Å². The number of para-hydroxylation sites is 1. The first-order chi connectivity index (χ1) is 9.22. The number of nitrogens with two attached hydrogens (primary N) is 1. The quantitative estimate of drug-likeness (QED) is 0.876. The molecule has 0 aliphatic heterocycles. The summed E-state index contributed by atoms with van der Waals surface area (Å²) in [5.41, 5.74) is 7.45. The van der Waals surface area contributed by atoms with Gasteiger partial charge in [-0.15, -0.1) is 11.3 Å². The van der Waals surface area contributed by atoms with Gasteiger partial charge >= 0.3 is 0 Å². The van der Waals surface area contributed by atoms with Crippen LogP contribution in [0.4, 0.5) is 0 Å². The molecular formula is C16H21NOS. The number of benzene rings is 1. The fourth-order valence-corrected chi connectivity index (χ4v) is 3.26. The lowest BCUT2D eigenvalue weighted by molar-refractivity contribution is 0.408. The van der Waals surface area contributed by atoms with Crippen LogP contribution in [0.3, 0.4) is 0 Å². The zero-order chi connectivity index (χ0) is 13.7. The predicted molar refractivity (Wildman–Crippen MR) is 82.1 cm³/mol. The van der Waals surface area contributed by atoms with Gasteiger partial charge in [0.15, 0.2) is 0 Å². The molecule has 0 radical (unpaired) electrons.